The van der Waals surface area contributed by atoms with Crippen molar-refractivity contribution in [1.29, 1.82) is 5.26 Å². The third kappa shape index (κ3) is 2.69. The van der Waals surface area contributed by atoms with Crippen molar-refractivity contribution in [3.63, 3.8) is 0 Å². The summed E-state index contributed by atoms with van der Waals surface area (Å²) in [6.07, 6.45) is -1.70. The summed E-state index contributed by atoms with van der Waals surface area (Å²) >= 11 is 0. The number of nitrogens with zero attached hydrogens (tertiary/aromatic N) is 3. The maximum atomic E-state index is 11.6. The molecule has 0 aliphatic carbocycles. The SMILES string of the molecule is Cl.N#C[C@H]1[C@@H](O)[C@@H](CO)O[C@H]1n1ccc(N)nc1=O. The Hall–Kier alpha value is -1.66. The van der Waals surface area contributed by atoms with Gasteiger partial charge in [-0.3, -0.25) is 4.57 Å². The Morgan fingerprint density at radius 1 is 1.63 bits per heavy atom. The molecule has 104 valence electrons. The quantitative estimate of drug-likeness (QED) is 0.611. The van der Waals surface area contributed by atoms with Gasteiger partial charge in [-0.15, -0.1) is 12.4 Å². The minimum atomic E-state index is -1.16. The van der Waals surface area contributed by atoms with Gasteiger partial charge in [0, 0.05) is 6.20 Å². The number of hydrogen-bond donors (Lipinski definition) is 3. The van der Waals surface area contributed by atoms with Gasteiger partial charge in [0.25, 0.3) is 0 Å². The van der Waals surface area contributed by atoms with E-state index in [0.29, 0.717) is 0 Å². The van der Waals surface area contributed by atoms with E-state index in [1.54, 1.807) is 0 Å². The van der Waals surface area contributed by atoms with E-state index in [4.69, 9.17) is 20.8 Å². The summed E-state index contributed by atoms with van der Waals surface area (Å²) in [5.74, 6) is -0.896. The predicted octanol–water partition coefficient (Wildman–Crippen LogP) is -1.36. The molecular weight excluding hydrogens is 276 g/mol. The standard InChI is InChI=1S/C10H12N4O4.ClH/c11-3-5-8(16)6(4-15)18-9(5)14-2-1-7(12)13-10(14)17;/h1-2,5-6,8-9,15-16H,4H2,(H2,12,13,17);1H/t5-,6+,8+,9+;/m0./s1. The van der Waals surface area contributed by atoms with Crippen LogP contribution in [-0.2, 0) is 4.74 Å². The topological polar surface area (TPSA) is 134 Å². The molecule has 0 unspecified atom stereocenters. The molecule has 1 saturated heterocycles. The Kier molecular flexibility index (Phi) is 4.85. The van der Waals surface area contributed by atoms with Gasteiger partial charge in [-0.2, -0.15) is 10.2 Å². The number of aromatic nitrogens is 2. The van der Waals surface area contributed by atoms with E-state index in [0.717, 1.165) is 4.57 Å². The van der Waals surface area contributed by atoms with Crippen LogP contribution in [0, 0.1) is 17.2 Å². The molecule has 0 aromatic carbocycles. The summed E-state index contributed by atoms with van der Waals surface area (Å²) in [4.78, 5) is 15.1. The number of nitriles is 1. The Bertz CT molecular complexity index is 543. The fourth-order valence-corrected chi connectivity index (χ4v) is 1.89. The van der Waals surface area contributed by atoms with Gasteiger partial charge in [0.15, 0.2) is 6.23 Å². The molecule has 0 radical (unpaired) electrons. The van der Waals surface area contributed by atoms with Crippen LogP contribution in [0.1, 0.15) is 6.23 Å². The highest BCUT2D eigenvalue weighted by molar-refractivity contribution is 5.85. The number of nitrogens with two attached hydrogens (primary N) is 1. The summed E-state index contributed by atoms with van der Waals surface area (Å²) in [6, 6.07) is 3.25. The van der Waals surface area contributed by atoms with Crippen LogP contribution >= 0.6 is 12.4 Å². The lowest BCUT2D eigenvalue weighted by atomic mass is 10.0. The van der Waals surface area contributed by atoms with E-state index in [2.05, 4.69) is 4.98 Å². The van der Waals surface area contributed by atoms with Crippen molar-refractivity contribution < 1.29 is 14.9 Å². The molecule has 2 heterocycles. The van der Waals surface area contributed by atoms with Gasteiger partial charge >= 0.3 is 5.69 Å². The average Bonchev–Trinajstić information content (AvgIpc) is 2.65. The molecular formula is C10H13ClN4O4. The van der Waals surface area contributed by atoms with Crippen LogP contribution in [0.4, 0.5) is 5.82 Å². The van der Waals surface area contributed by atoms with E-state index >= 15 is 0 Å². The zero-order valence-corrected chi connectivity index (χ0v) is 10.5. The monoisotopic (exact) mass is 288 g/mol. The largest absolute Gasteiger partial charge is 0.394 e. The van der Waals surface area contributed by atoms with Crippen molar-refractivity contribution in [2.75, 3.05) is 12.3 Å². The maximum absolute atomic E-state index is 11.6. The Balaban J connectivity index is 0.00000180. The number of rotatable bonds is 2. The first-order valence-corrected chi connectivity index (χ1v) is 5.27. The van der Waals surface area contributed by atoms with Gasteiger partial charge in [0.05, 0.1) is 12.7 Å². The van der Waals surface area contributed by atoms with Crippen molar-refractivity contribution in [3.8, 4) is 6.07 Å². The Morgan fingerprint density at radius 3 is 2.84 bits per heavy atom. The Labute approximate surface area is 114 Å². The van der Waals surface area contributed by atoms with Crippen LogP contribution in [0.15, 0.2) is 17.1 Å². The third-order valence-corrected chi connectivity index (χ3v) is 2.82. The number of halogens is 1. The number of aliphatic hydroxyl groups is 2. The zero-order valence-electron chi connectivity index (χ0n) is 9.71. The molecule has 1 fully saturated rings. The summed E-state index contributed by atoms with van der Waals surface area (Å²) in [6.45, 7) is -0.438. The van der Waals surface area contributed by atoms with Crippen molar-refractivity contribution in [2.45, 2.75) is 18.4 Å². The molecule has 9 heteroatoms. The summed E-state index contributed by atoms with van der Waals surface area (Å²) in [5.41, 5.74) is 4.68. The lowest BCUT2D eigenvalue weighted by molar-refractivity contribution is -0.0469. The summed E-state index contributed by atoms with van der Waals surface area (Å²) < 4.78 is 6.37. The zero-order chi connectivity index (χ0) is 13.3. The van der Waals surface area contributed by atoms with E-state index in [9.17, 15) is 9.90 Å². The lowest BCUT2D eigenvalue weighted by Crippen LogP contribution is -2.31. The normalized spacial score (nSPS) is 29.5. The molecule has 4 atom stereocenters. The van der Waals surface area contributed by atoms with Crippen molar-refractivity contribution in [1.82, 2.24) is 9.55 Å². The first kappa shape index (κ1) is 15.4. The van der Waals surface area contributed by atoms with Gasteiger partial charge in [-0.1, -0.05) is 0 Å². The second-order valence-corrected chi connectivity index (χ2v) is 3.94. The lowest BCUT2D eigenvalue weighted by Gasteiger charge is -2.16. The van der Waals surface area contributed by atoms with Crippen LogP contribution in [0.3, 0.4) is 0 Å². The molecule has 1 aromatic rings. The minimum Gasteiger partial charge on any atom is -0.394 e. The van der Waals surface area contributed by atoms with Crippen molar-refractivity contribution in [2.24, 2.45) is 5.92 Å². The van der Waals surface area contributed by atoms with Gasteiger partial charge in [-0.25, -0.2) is 4.79 Å². The molecule has 0 saturated carbocycles. The summed E-state index contributed by atoms with van der Waals surface area (Å²) in [5, 5.41) is 27.8. The minimum absolute atomic E-state index is 0. The fourth-order valence-electron chi connectivity index (χ4n) is 1.89. The maximum Gasteiger partial charge on any atom is 0.351 e. The molecule has 1 aliphatic heterocycles. The van der Waals surface area contributed by atoms with E-state index in [-0.39, 0.29) is 18.2 Å². The highest BCUT2D eigenvalue weighted by Gasteiger charge is 2.45. The number of nitrogen functional groups attached to an aromatic ring is 1. The molecule has 19 heavy (non-hydrogen) atoms. The summed E-state index contributed by atoms with van der Waals surface area (Å²) in [7, 11) is 0. The van der Waals surface area contributed by atoms with Crippen molar-refractivity contribution >= 4 is 18.2 Å². The van der Waals surface area contributed by atoms with Crippen LogP contribution in [0.25, 0.3) is 0 Å². The van der Waals surface area contributed by atoms with Gasteiger partial charge in [-0.05, 0) is 6.07 Å². The number of ether oxygens (including phenoxy) is 1. The molecule has 1 aliphatic rings. The van der Waals surface area contributed by atoms with Crippen LogP contribution in [0.5, 0.6) is 0 Å². The van der Waals surface area contributed by atoms with Gasteiger partial charge < -0.3 is 20.7 Å². The molecule has 0 bridgehead atoms. The number of aliphatic hydroxyl groups excluding tert-OH is 2. The predicted molar refractivity (Wildman–Crippen MR) is 66.3 cm³/mol. The Morgan fingerprint density at radius 2 is 2.32 bits per heavy atom. The highest BCUT2D eigenvalue weighted by atomic mass is 35.5. The van der Waals surface area contributed by atoms with E-state index in [1.165, 1.54) is 12.3 Å². The van der Waals surface area contributed by atoms with Crippen LogP contribution < -0.4 is 11.4 Å². The molecule has 0 spiro atoms. The van der Waals surface area contributed by atoms with E-state index < -0.39 is 36.7 Å². The molecule has 2 rings (SSSR count). The van der Waals surface area contributed by atoms with Crippen LogP contribution in [0.2, 0.25) is 0 Å². The third-order valence-electron chi connectivity index (χ3n) is 2.82. The number of anilines is 1. The smallest absolute Gasteiger partial charge is 0.351 e. The van der Waals surface area contributed by atoms with Crippen LogP contribution in [-0.4, -0.2) is 38.6 Å². The molecule has 8 nitrogen and oxygen atoms in total. The van der Waals surface area contributed by atoms with E-state index in [1.807, 2.05) is 6.07 Å². The fraction of sp³-hybridized carbons (Fsp3) is 0.500. The molecule has 4 N–H and O–H groups in total. The van der Waals surface area contributed by atoms with Gasteiger partial charge in [0.2, 0.25) is 0 Å². The first-order valence-electron chi connectivity index (χ1n) is 5.27. The second-order valence-electron chi connectivity index (χ2n) is 3.94. The average molecular weight is 289 g/mol. The second kappa shape index (κ2) is 5.99. The first-order chi connectivity index (χ1) is 8.58. The number of hydrogen-bond acceptors (Lipinski definition) is 7. The molecule has 0 amide bonds. The van der Waals surface area contributed by atoms with Gasteiger partial charge in [0.1, 0.15) is 23.9 Å². The van der Waals surface area contributed by atoms with Crippen molar-refractivity contribution in [3.05, 3.63) is 22.7 Å². The molecule has 1 aromatic heterocycles. The highest BCUT2D eigenvalue weighted by Crippen LogP contribution is 2.33.